The van der Waals surface area contributed by atoms with E-state index in [0.29, 0.717) is 22.7 Å². The van der Waals surface area contributed by atoms with Gasteiger partial charge in [-0.1, -0.05) is 24.8 Å². The first kappa shape index (κ1) is 27.5. The fourth-order valence-electron chi connectivity index (χ4n) is 5.09. The molecule has 2 saturated carbocycles. The summed E-state index contributed by atoms with van der Waals surface area (Å²) in [7, 11) is 1.81. The maximum absolute atomic E-state index is 13.2. The number of aryl methyl sites for hydroxylation is 1. The second-order valence-corrected chi connectivity index (χ2v) is 11.1. The lowest BCUT2D eigenvalue weighted by atomic mass is 9.93. The van der Waals surface area contributed by atoms with Gasteiger partial charge in [-0.25, -0.2) is 14.5 Å². The second kappa shape index (κ2) is 10.0. The number of halogens is 3. The quantitative estimate of drug-likeness (QED) is 0.230. The lowest BCUT2D eigenvalue weighted by Crippen LogP contribution is -2.36. The number of hydrogen-bond donors (Lipinski definition) is 3. The van der Waals surface area contributed by atoms with E-state index in [1.807, 2.05) is 32.2 Å². The molecule has 0 unspecified atom stereocenters. The molecule has 6 rings (SSSR count). The van der Waals surface area contributed by atoms with Crippen LogP contribution in [0.5, 0.6) is 0 Å². The predicted molar refractivity (Wildman–Crippen MR) is 155 cm³/mol. The van der Waals surface area contributed by atoms with Crippen LogP contribution in [0, 0.1) is 0 Å². The molecule has 11 heteroatoms. The number of pyridine rings is 1. The first-order valence-corrected chi connectivity index (χ1v) is 13.7. The molecule has 2 aromatic heterocycles. The number of nitrogens with zero attached hydrogens (tertiary/aromatic N) is 3. The van der Waals surface area contributed by atoms with Gasteiger partial charge in [-0.3, -0.25) is 4.79 Å². The van der Waals surface area contributed by atoms with Crippen molar-refractivity contribution in [2.45, 2.75) is 50.2 Å². The first-order valence-electron chi connectivity index (χ1n) is 13.7. The van der Waals surface area contributed by atoms with Crippen LogP contribution in [-0.2, 0) is 23.4 Å². The third-order valence-electron chi connectivity index (χ3n) is 7.69. The molecule has 42 heavy (non-hydrogen) atoms. The zero-order valence-corrected chi connectivity index (χ0v) is 23.1. The Morgan fingerprint density at radius 1 is 1.02 bits per heavy atom. The molecule has 3 N–H and O–H groups in total. The van der Waals surface area contributed by atoms with E-state index in [1.54, 1.807) is 16.8 Å². The Kier molecular flexibility index (Phi) is 6.55. The predicted octanol–water partition coefficient (Wildman–Crippen LogP) is 6.64. The van der Waals surface area contributed by atoms with Gasteiger partial charge in [0.1, 0.15) is 0 Å². The van der Waals surface area contributed by atoms with Gasteiger partial charge in [0.05, 0.1) is 27.8 Å². The Morgan fingerprint density at radius 2 is 1.71 bits per heavy atom. The van der Waals surface area contributed by atoms with Crippen LogP contribution < -0.4 is 16.0 Å². The highest BCUT2D eigenvalue weighted by Crippen LogP contribution is 2.50. The standard InChI is InChI=1S/C31H29F3N6O2/c1-17(2)26-25-23(16-24(38-27(25)40(3)39-26)30(13-14-30)28(41)35-20-11-12-20)18-7-9-21(10-8-18)36-29(42)37-22-6-4-5-19(15-22)31(32,33)34/h4-10,15-16,20H,1,11-14H2,2-3H3,(H,35,41)(H2,36,37,42). The number of aromatic nitrogens is 3. The van der Waals surface area contributed by atoms with Crippen molar-refractivity contribution < 1.29 is 22.8 Å². The number of anilines is 2. The molecule has 0 bridgehead atoms. The summed E-state index contributed by atoms with van der Waals surface area (Å²) in [5, 5.41) is 13.7. The number of urea groups is 1. The van der Waals surface area contributed by atoms with E-state index < -0.39 is 23.2 Å². The van der Waals surface area contributed by atoms with E-state index in [0.717, 1.165) is 59.9 Å². The summed E-state index contributed by atoms with van der Waals surface area (Å²) >= 11 is 0. The Balaban J connectivity index is 1.30. The monoisotopic (exact) mass is 574 g/mol. The van der Waals surface area contributed by atoms with Crippen LogP contribution in [0.4, 0.5) is 29.3 Å². The number of fused-ring (bicyclic) bond motifs is 1. The molecule has 8 nitrogen and oxygen atoms in total. The minimum absolute atomic E-state index is 0.0106. The Hall–Kier alpha value is -4.67. The molecule has 3 amide bonds. The van der Waals surface area contributed by atoms with Crippen molar-refractivity contribution in [3.8, 4) is 11.1 Å². The Bertz CT molecular complexity index is 1730. The van der Waals surface area contributed by atoms with Gasteiger partial charge in [0, 0.05) is 24.5 Å². The van der Waals surface area contributed by atoms with Gasteiger partial charge in [-0.2, -0.15) is 18.3 Å². The number of allylic oxidation sites excluding steroid dienone is 1. The van der Waals surface area contributed by atoms with Crippen LogP contribution in [0.15, 0.2) is 61.2 Å². The molecule has 0 radical (unpaired) electrons. The second-order valence-electron chi connectivity index (χ2n) is 11.1. The summed E-state index contributed by atoms with van der Waals surface area (Å²) in [4.78, 5) is 30.7. The Labute approximate surface area is 240 Å². The molecular formula is C31H29F3N6O2. The number of hydrogen-bond acceptors (Lipinski definition) is 4. The Morgan fingerprint density at radius 3 is 2.33 bits per heavy atom. The van der Waals surface area contributed by atoms with E-state index in [4.69, 9.17) is 4.98 Å². The maximum atomic E-state index is 13.2. The summed E-state index contributed by atoms with van der Waals surface area (Å²) in [6.07, 6.45) is -1.07. The molecule has 0 atom stereocenters. The molecule has 2 aliphatic carbocycles. The van der Waals surface area contributed by atoms with Crippen LogP contribution in [0.1, 0.15) is 49.6 Å². The summed E-state index contributed by atoms with van der Waals surface area (Å²) in [5.41, 5.74) is 3.43. The van der Waals surface area contributed by atoms with Gasteiger partial charge in [0.15, 0.2) is 5.65 Å². The zero-order chi connectivity index (χ0) is 29.8. The van der Waals surface area contributed by atoms with Gasteiger partial charge in [0.25, 0.3) is 0 Å². The van der Waals surface area contributed by atoms with Gasteiger partial charge in [0.2, 0.25) is 5.91 Å². The van der Waals surface area contributed by atoms with E-state index in [-0.39, 0.29) is 17.6 Å². The fourth-order valence-corrected chi connectivity index (χ4v) is 5.09. The summed E-state index contributed by atoms with van der Waals surface area (Å²) in [5.74, 6) is 0.0106. The summed E-state index contributed by atoms with van der Waals surface area (Å²) in [6, 6.07) is 13.0. The van der Waals surface area contributed by atoms with E-state index >= 15 is 0 Å². The minimum Gasteiger partial charge on any atom is -0.353 e. The van der Waals surface area contributed by atoms with Crippen molar-refractivity contribution in [3.05, 3.63) is 78.1 Å². The average Bonchev–Trinajstić information content (AvgIpc) is 3.87. The smallest absolute Gasteiger partial charge is 0.353 e. The average molecular weight is 575 g/mol. The van der Waals surface area contributed by atoms with Crippen molar-refractivity contribution in [1.29, 1.82) is 0 Å². The van der Waals surface area contributed by atoms with Crippen molar-refractivity contribution in [2.24, 2.45) is 7.05 Å². The number of amides is 3. The normalized spacial score (nSPS) is 15.7. The molecular weight excluding hydrogens is 545 g/mol. The van der Waals surface area contributed by atoms with Gasteiger partial charge >= 0.3 is 12.2 Å². The number of alkyl halides is 3. The summed E-state index contributed by atoms with van der Waals surface area (Å²) < 4.78 is 40.8. The maximum Gasteiger partial charge on any atom is 0.416 e. The topological polar surface area (TPSA) is 101 Å². The van der Waals surface area contributed by atoms with Crippen LogP contribution in [-0.4, -0.2) is 32.7 Å². The molecule has 2 fully saturated rings. The number of carbonyl (C=O) groups is 2. The largest absolute Gasteiger partial charge is 0.416 e. The number of nitrogens with one attached hydrogen (secondary N) is 3. The number of carbonyl (C=O) groups excluding carboxylic acids is 2. The molecule has 0 spiro atoms. The lowest BCUT2D eigenvalue weighted by Gasteiger charge is -2.17. The first-order chi connectivity index (χ1) is 19.9. The molecule has 0 saturated heterocycles. The molecule has 2 aliphatic rings. The molecule has 2 heterocycles. The third kappa shape index (κ3) is 5.22. The summed E-state index contributed by atoms with van der Waals surface area (Å²) in [6.45, 7) is 5.97. The highest BCUT2D eigenvalue weighted by Gasteiger charge is 2.54. The van der Waals surface area contributed by atoms with Crippen molar-refractivity contribution in [1.82, 2.24) is 20.1 Å². The van der Waals surface area contributed by atoms with Crippen LogP contribution in [0.2, 0.25) is 0 Å². The lowest BCUT2D eigenvalue weighted by molar-refractivity contribution is -0.137. The zero-order valence-electron chi connectivity index (χ0n) is 23.1. The molecule has 216 valence electrons. The fraction of sp³-hybridized carbons (Fsp3) is 0.290. The highest BCUT2D eigenvalue weighted by atomic mass is 19.4. The van der Waals surface area contributed by atoms with Crippen LogP contribution in [0.3, 0.4) is 0 Å². The SMILES string of the molecule is C=C(C)c1nn(C)c2nc(C3(C(=O)NC4CC4)CC3)cc(-c3ccc(NC(=O)Nc4cccc(C(F)(F)F)c4)cc3)c12. The minimum atomic E-state index is -4.51. The number of benzene rings is 2. The van der Waals surface area contributed by atoms with Gasteiger partial charge in [-0.15, -0.1) is 0 Å². The van der Waals surface area contributed by atoms with Gasteiger partial charge in [-0.05, 0) is 85.7 Å². The van der Waals surface area contributed by atoms with Crippen molar-refractivity contribution >= 4 is 39.9 Å². The number of rotatable bonds is 7. The highest BCUT2D eigenvalue weighted by molar-refractivity contribution is 6.02. The molecule has 2 aromatic carbocycles. The van der Waals surface area contributed by atoms with E-state index in [2.05, 4.69) is 27.6 Å². The van der Waals surface area contributed by atoms with Crippen LogP contribution in [0.25, 0.3) is 27.7 Å². The van der Waals surface area contributed by atoms with E-state index in [9.17, 15) is 22.8 Å². The molecule has 4 aromatic rings. The third-order valence-corrected chi connectivity index (χ3v) is 7.69. The van der Waals surface area contributed by atoms with Gasteiger partial charge < -0.3 is 16.0 Å². The molecule has 0 aliphatic heterocycles. The van der Waals surface area contributed by atoms with Crippen molar-refractivity contribution in [2.75, 3.05) is 10.6 Å². The van der Waals surface area contributed by atoms with Crippen LogP contribution >= 0.6 is 0 Å². The van der Waals surface area contributed by atoms with Crippen molar-refractivity contribution in [3.63, 3.8) is 0 Å². The van der Waals surface area contributed by atoms with E-state index in [1.165, 1.54) is 12.1 Å².